The summed E-state index contributed by atoms with van der Waals surface area (Å²) in [7, 11) is 0. The van der Waals surface area contributed by atoms with Gasteiger partial charge >= 0.3 is 0 Å². The van der Waals surface area contributed by atoms with E-state index >= 15 is 0 Å². The second kappa shape index (κ2) is 13.8. The highest BCUT2D eigenvalue weighted by Gasteiger charge is 2.43. The molecule has 0 fully saturated rings. The van der Waals surface area contributed by atoms with E-state index in [1.807, 2.05) is 24.5 Å². The number of para-hydroxylation sites is 2. The van der Waals surface area contributed by atoms with Crippen LogP contribution < -0.4 is 37.5 Å². The molecule has 0 radical (unpaired) electrons. The number of aromatic nitrogens is 3. The first-order chi connectivity index (χ1) is 27.9. The second-order valence-electron chi connectivity index (χ2n) is 15.7. The summed E-state index contributed by atoms with van der Waals surface area (Å²) in [6.07, 6.45) is 3.80. The van der Waals surface area contributed by atoms with Crippen molar-refractivity contribution in [2.24, 2.45) is 0 Å². The number of aromatic amines is 1. The number of ether oxygens (including phenoxy) is 1. The van der Waals surface area contributed by atoms with Crippen LogP contribution >= 0.6 is 0 Å². The standard InChI is InChI=1S/C51H41B2N3O/c1-31-25-26-43(55-30-31)36-28-42-49(46(29-36)57-45-24-13-19-38-37-18-12-20-39(50(37)56-51(38)45)44-23-8-9-27-54-44)53(48-34(4)16-11-17-35(48)5)41-22-7-6-21-40(41)52(42)47-32(2)14-10-15-33(47)3/h6-30,56H,1-5H3. The summed E-state index contributed by atoms with van der Waals surface area (Å²) in [5, 5.41) is 2.24. The normalized spacial score (nSPS) is 12.2. The molecule has 4 heterocycles. The van der Waals surface area contributed by atoms with Gasteiger partial charge in [-0.05, 0) is 76.0 Å². The summed E-state index contributed by atoms with van der Waals surface area (Å²) in [6.45, 7) is 11.0. The summed E-state index contributed by atoms with van der Waals surface area (Å²) < 4.78 is 7.47. The van der Waals surface area contributed by atoms with Crippen LogP contribution in [-0.2, 0) is 0 Å². The summed E-state index contributed by atoms with van der Waals surface area (Å²) in [5.41, 5.74) is 19.9. The average Bonchev–Trinajstić information content (AvgIpc) is 3.62. The van der Waals surface area contributed by atoms with Gasteiger partial charge < -0.3 is 9.72 Å². The van der Waals surface area contributed by atoms with Crippen LogP contribution in [0.2, 0.25) is 0 Å². The zero-order valence-electron chi connectivity index (χ0n) is 32.9. The number of hydrogen-bond acceptors (Lipinski definition) is 3. The number of fused-ring (bicyclic) bond motifs is 5. The maximum absolute atomic E-state index is 7.47. The molecule has 9 aromatic rings. The molecule has 0 spiro atoms. The number of aryl methyl sites for hydroxylation is 5. The lowest BCUT2D eigenvalue weighted by atomic mass is 9.20. The van der Waals surface area contributed by atoms with Crippen LogP contribution in [-0.4, -0.2) is 28.4 Å². The monoisotopic (exact) mass is 733 g/mol. The molecule has 1 N–H and O–H groups in total. The Balaban J connectivity index is 1.29. The number of rotatable bonds is 6. The largest absolute Gasteiger partial charge is 0.456 e. The van der Waals surface area contributed by atoms with Crippen molar-refractivity contribution in [2.75, 3.05) is 0 Å². The zero-order chi connectivity index (χ0) is 38.8. The number of nitrogens with zero attached hydrogens (tertiary/aromatic N) is 2. The first-order valence-electron chi connectivity index (χ1n) is 19.8. The van der Waals surface area contributed by atoms with E-state index in [-0.39, 0.29) is 13.4 Å². The van der Waals surface area contributed by atoms with Gasteiger partial charge in [0.25, 0.3) is 0 Å². The lowest BCUT2D eigenvalue weighted by Crippen LogP contribution is -2.76. The summed E-state index contributed by atoms with van der Waals surface area (Å²) in [6, 6.07) is 50.2. The Labute approximate surface area is 334 Å². The molecule has 3 aromatic heterocycles. The van der Waals surface area contributed by atoms with E-state index in [0.717, 1.165) is 61.4 Å². The third-order valence-corrected chi connectivity index (χ3v) is 12.1. The number of hydrogen-bond donors (Lipinski definition) is 1. The van der Waals surface area contributed by atoms with Crippen molar-refractivity contribution in [3.8, 4) is 34.0 Å². The average molecular weight is 734 g/mol. The Morgan fingerprint density at radius 1 is 0.474 bits per heavy atom. The fraction of sp³-hybridized carbons (Fsp3) is 0.0980. The van der Waals surface area contributed by atoms with Crippen molar-refractivity contribution < 1.29 is 4.74 Å². The number of pyridine rings is 2. The Bertz CT molecular complexity index is 2970. The first kappa shape index (κ1) is 34.8. The van der Waals surface area contributed by atoms with Crippen LogP contribution in [0.25, 0.3) is 44.3 Å². The number of H-pyrrole nitrogens is 1. The SMILES string of the molecule is Cc1ccc(-c2cc(Oc3cccc4c3[nH]c3c(-c5ccccn5)cccc34)c3c(c2)B(c2c(C)cccc2C)c2ccccc2B3c2c(C)cccc2C)nc1. The summed E-state index contributed by atoms with van der Waals surface area (Å²) >= 11 is 0. The lowest BCUT2D eigenvalue weighted by molar-refractivity contribution is 0.491. The highest BCUT2D eigenvalue weighted by Crippen LogP contribution is 2.38. The van der Waals surface area contributed by atoms with Crippen molar-refractivity contribution in [3.05, 3.63) is 180 Å². The van der Waals surface area contributed by atoms with Gasteiger partial charge in [-0.3, -0.25) is 9.97 Å². The third-order valence-electron chi connectivity index (χ3n) is 12.1. The molecule has 272 valence electrons. The molecule has 0 saturated carbocycles. The van der Waals surface area contributed by atoms with Crippen LogP contribution in [0.1, 0.15) is 27.8 Å². The van der Waals surface area contributed by atoms with Gasteiger partial charge in [0.15, 0.2) is 5.75 Å². The minimum absolute atomic E-state index is 0.0180. The highest BCUT2D eigenvalue weighted by molar-refractivity contribution is 7.12. The van der Waals surface area contributed by atoms with Crippen LogP contribution in [0.3, 0.4) is 0 Å². The van der Waals surface area contributed by atoms with Gasteiger partial charge in [-0.2, -0.15) is 0 Å². The molecule has 0 amide bonds. The van der Waals surface area contributed by atoms with E-state index in [0.29, 0.717) is 0 Å². The lowest BCUT2D eigenvalue weighted by Gasteiger charge is -2.36. The molecule has 0 saturated heterocycles. The van der Waals surface area contributed by atoms with E-state index < -0.39 is 0 Å². The van der Waals surface area contributed by atoms with Gasteiger partial charge in [0.05, 0.1) is 22.4 Å². The van der Waals surface area contributed by atoms with Gasteiger partial charge in [-0.25, -0.2) is 0 Å². The van der Waals surface area contributed by atoms with E-state index in [4.69, 9.17) is 14.7 Å². The summed E-state index contributed by atoms with van der Waals surface area (Å²) in [4.78, 5) is 13.5. The minimum Gasteiger partial charge on any atom is -0.456 e. The van der Waals surface area contributed by atoms with E-state index in [1.54, 1.807) is 0 Å². The number of nitrogens with one attached hydrogen (secondary N) is 1. The molecular formula is C51H41B2N3O. The predicted octanol–water partition coefficient (Wildman–Crippen LogP) is 8.13. The van der Waals surface area contributed by atoms with E-state index in [2.05, 4.69) is 167 Å². The maximum Gasteiger partial charge on any atom is 0.245 e. The van der Waals surface area contributed by atoms with Crippen LogP contribution in [0.15, 0.2) is 152 Å². The van der Waals surface area contributed by atoms with Gasteiger partial charge in [0.1, 0.15) is 5.75 Å². The molecular weight excluding hydrogens is 692 g/mol. The van der Waals surface area contributed by atoms with E-state index in [9.17, 15) is 0 Å². The van der Waals surface area contributed by atoms with Crippen molar-refractivity contribution in [1.29, 1.82) is 0 Å². The molecule has 0 bridgehead atoms. The first-order valence-corrected chi connectivity index (χ1v) is 19.8. The quantitative estimate of drug-likeness (QED) is 0.176. The second-order valence-corrected chi connectivity index (χ2v) is 15.7. The van der Waals surface area contributed by atoms with Crippen molar-refractivity contribution in [2.45, 2.75) is 34.6 Å². The van der Waals surface area contributed by atoms with Gasteiger partial charge in [0.2, 0.25) is 13.4 Å². The Morgan fingerprint density at radius 2 is 1.11 bits per heavy atom. The molecule has 10 rings (SSSR count). The fourth-order valence-corrected chi connectivity index (χ4v) is 9.46. The van der Waals surface area contributed by atoms with Crippen LogP contribution in [0.4, 0.5) is 0 Å². The smallest absolute Gasteiger partial charge is 0.245 e. The van der Waals surface area contributed by atoms with Crippen LogP contribution in [0.5, 0.6) is 11.5 Å². The minimum atomic E-state index is -0.0642. The highest BCUT2D eigenvalue weighted by atomic mass is 16.5. The number of benzene rings is 6. The van der Waals surface area contributed by atoms with Gasteiger partial charge in [0, 0.05) is 34.3 Å². The molecule has 6 aromatic carbocycles. The van der Waals surface area contributed by atoms with Crippen molar-refractivity contribution >= 4 is 68.0 Å². The van der Waals surface area contributed by atoms with Crippen LogP contribution in [0, 0.1) is 34.6 Å². The molecule has 1 aliphatic rings. The Morgan fingerprint density at radius 3 is 1.77 bits per heavy atom. The molecule has 57 heavy (non-hydrogen) atoms. The zero-order valence-corrected chi connectivity index (χ0v) is 32.9. The topological polar surface area (TPSA) is 50.8 Å². The molecule has 1 aliphatic heterocycles. The predicted molar refractivity (Wildman–Crippen MR) is 241 cm³/mol. The Kier molecular flexibility index (Phi) is 8.44. The van der Waals surface area contributed by atoms with Crippen molar-refractivity contribution in [3.63, 3.8) is 0 Å². The molecule has 0 unspecified atom stereocenters. The molecule has 6 heteroatoms. The van der Waals surface area contributed by atoms with E-state index in [1.165, 1.54) is 55.0 Å². The Hall–Kier alpha value is -6.65. The van der Waals surface area contributed by atoms with Gasteiger partial charge in [-0.15, -0.1) is 0 Å². The van der Waals surface area contributed by atoms with Gasteiger partial charge in [-0.1, -0.05) is 159 Å². The fourth-order valence-electron chi connectivity index (χ4n) is 9.46. The molecule has 4 nitrogen and oxygen atoms in total. The molecule has 0 atom stereocenters. The molecule has 0 aliphatic carbocycles. The van der Waals surface area contributed by atoms with Crippen molar-refractivity contribution in [1.82, 2.24) is 15.0 Å². The maximum atomic E-state index is 7.47. The third kappa shape index (κ3) is 5.78. The summed E-state index contributed by atoms with van der Waals surface area (Å²) in [5.74, 6) is 1.61.